The average molecular weight is 225 g/mol. The lowest BCUT2D eigenvalue weighted by atomic mass is 10.4. The Morgan fingerprint density at radius 3 is 3.00 bits per heavy atom. The maximum atomic E-state index is 11.6. The van der Waals surface area contributed by atoms with Crippen molar-refractivity contribution in [2.75, 3.05) is 11.4 Å². The van der Waals surface area contributed by atoms with Crippen molar-refractivity contribution in [2.24, 2.45) is 4.40 Å². The summed E-state index contributed by atoms with van der Waals surface area (Å²) in [6, 6.07) is 3.12. The molecular weight excluding hydrogens is 214 g/mol. The molecular formula is C9H11N3O2S. The fraction of sp³-hybridized carbons (Fsp3) is 0.333. The highest BCUT2D eigenvalue weighted by atomic mass is 32.2. The molecule has 15 heavy (non-hydrogen) atoms. The van der Waals surface area contributed by atoms with Crippen molar-refractivity contribution >= 4 is 22.2 Å². The Bertz CT molecular complexity index is 496. The van der Waals surface area contributed by atoms with Gasteiger partial charge in [-0.3, -0.25) is 0 Å². The van der Waals surface area contributed by atoms with Crippen molar-refractivity contribution in [1.82, 2.24) is 4.98 Å². The van der Waals surface area contributed by atoms with Gasteiger partial charge >= 0.3 is 0 Å². The fourth-order valence-corrected chi connectivity index (χ4v) is 2.44. The van der Waals surface area contributed by atoms with Crippen LogP contribution in [0.1, 0.15) is 13.3 Å². The summed E-state index contributed by atoms with van der Waals surface area (Å²) in [5.74, 6) is 0.467. The Kier molecular flexibility index (Phi) is 2.44. The smallest absolute Gasteiger partial charge is 0.287 e. The molecule has 1 aliphatic heterocycles. The van der Waals surface area contributed by atoms with Crippen LogP contribution in [0.25, 0.3) is 0 Å². The van der Waals surface area contributed by atoms with Crippen LogP contribution < -0.4 is 4.90 Å². The average Bonchev–Trinajstić information content (AvgIpc) is 2.23. The van der Waals surface area contributed by atoms with Gasteiger partial charge in [-0.15, -0.1) is 4.40 Å². The molecule has 0 fully saturated rings. The molecule has 80 valence electrons. The third-order valence-corrected chi connectivity index (χ3v) is 3.34. The van der Waals surface area contributed by atoms with Gasteiger partial charge < -0.3 is 4.90 Å². The van der Waals surface area contributed by atoms with E-state index in [2.05, 4.69) is 9.38 Å². The van der Waals surface area contributed by atoms with E-state index in [4.69, 9.17) is 0 Å². The van der Waals surface area contributed by atoms with Crippen LogP contribution in [-0.4, -0.2) is 26.3 Å². The first kappa shape index (κ1) is 10.1. The molecule has 5 nitrogen and oxygen atoms in total. The lowest BCUT2D eigenvalue weighted by molar-refractivity contribution is 0.596. The molecule has 1 aromatic heterocycles. The zero-order valence-corrected chi connectivity index (χ0v) is 9.11. The van der Waals surface area contributed by atoms with Crippen LogP contribution in [-0.2, 0) is 10.0 Å². The van der Waals surface area contributed by atoms with Crippen LogP contribution in [0.5, 0.6) is 0 Å². The van der Waals surface area contributed by atoms with Crippen molar-refractivity contribution < 1.29 is 8.42 Å². The second-order valence-electron chi connectivity index (χ2n) is 3.21. The number of hydrogen-bond donors (Lipinski definition) is 0. The van der Waals surface area contributed by atoms with E-state index in [1.54, 1.807) is 17.2 Å². The molecule has 0 radical (unpaired) electrons. The minimum atomic E-state index is -3.53. The standard InChI is InChI=1S/C9H11N3O2S/c1-2-6-12-7-11-15(13,14)8-4-3-5-10-9(8)12/h3-5,7H,2,6H2,1H3. The van der Waals surface area contributed by atoms with Gasteiger partial charge in [-0.05, 0) is 18.6 Å². The van der Waals surface area contributed by atoms with Gasteiger partial charge in [0, 0.05) is 12.7 Å². The summed E-state index contributed by atoms with van der Waals surface area (Å²) in [6.45, 7) is 2.72. The number of rotatable bonds is 2. The van der Waals surface area contributed by atoms with E-state index in [0.717, 1.165) is 6.42 Å². The van der Waals surface area contributed by atoms with Gasteiger partial charge in [-0.2, -0.15) is 8.42 Å². The molecule has 0 atom stereocenters. The molecule has 1 aromatic rings. The Morgan fingerprint density at radius 1 is 1.47 bits per heavy atom. The summed E-state index contributed by atoms with van der Waals surface area (Å²) in [5, 5.41) is 0. The van der Waals surface area contributed by atoms with E-state index < -0.39 is 10.0 Å². The van der Waals surface area contributed by atoms with Crippen LogP contribution in [0.15, 0.2) is 27.6 Å². The largest absolute Gasteiger partial charge is 0.315 e. The maximum Gasteiger partial charge on any atom is 0.287 e. The van der Waals surface area contributed by atoms with Crippen molar-refractivity contribution in [3.63, 3.8) is 0 Å². The Morgan fingerprint density at radius 2 is 2.27 bits per heavy atom. The van der Waals surface area contributed by atoms with E-state index in [0.29, 0.717) is 12.4 Å². The summed E-state index contributed by atoms with van der Waals surface area (Å²) in [6.07, 6.45) is 3.81. The second kappa shape index (κ2) is 3.62. The molecule has 0 spiro atoms. The number of pyridine rings is 1. The van der Waals surface area contributed by atoms with Crippen LogP contribution in [0.4, 0.5) is 5.82 Å². The van der Waals surface area contributed by atoms with Gasteiger partial charge in [0.15, 0.2) is 5.82 Å². The zero-order valence-electron chi connectivity index (χ0n) is 8.29. The first-order chi connectivity index (χ1) is 7.15. The van der Waals surface area contributed by atoms with E-state index in [9.17, 15) is 8.42 Å². The molecule has 2 rings (SSSR count). The van der Waals surface area contributed by atoms with Gasteiger partial charge in [0.05, 0.1) is 0 Å². The normalized spacial score (nSPS) is 17.5. The van der Waals surface area contributed by atoms with Gasteiger partial charge in [0.25, 0.3) is 10.0 Å². The number of sulfonamides is 1. The molecule has 0 N–H and O–H groups in total. The van der Waals surface area contributed by atoms with Gasteiger partial charge in [0.2, 0.25) is 0 Å². The van der Waals surface area contributed by atoms with Crippen molar-refractivity contribution in [3.05, 3.63) is 18.3 Å². The maximum absolute atomic E-state index is 11.6. The summed E-state index contributed by atoms with van der Waals surface area (Å²) in [7, 11) is -3.53. The summed E-state index contributed by atoms with van der Waals surface area (Å²) in [5.41, 5.74) is 0. The Labute approximate surface area is 88.5 Å². The highest BCUT2D eigenvalue weighted by Crippen LogP contribution is 2.26. The number of fused-ring (bicyclic) bond motifs is 1. The monoisotopic (exact) mass is 225 g/mol. The van der Waals surface area contributed by atoms with Crippen LogP contribution >= 0.6 is 0 Å². The summed E-state index contributed by atoms with van der Waals surface area (Å²) < 4.78 is 26.7. The lowest BCUT2D eigenvalue weighted by Crippen LogP contribution is -2.28. The molecule has 2 heterocycles. The van der Waals surface area contributed by atoms with Gasteiger partial charge in [0.1, 0.15) is 11.2 Å². The minimum absolute atomic E-state index is 0.181. The number of aromatic nitrogens is 1. The van der Waals surface area contributed by atoms with E-state index in [1.807, 2.05) is 6.92 Å². The number of nitrogens with zero attached hydrogens (tertiary/aromatic N) is 3. The van der Waals surface area contributed by atoms with E-state index >= 15 is 0 Å². The predicted molar refractivity (Wildman–Crippen MR) is 57.6 cm³/mol. The zero-order chi connectivity index (χ0) is 10.9. The topological polar surface area (TPSA) is 62.6 Å². The van der Waals surface area contributed by atoms with Gasteiger partial charge in [-0.25, -0.2) is 4.98 Å². The number of anilines is 1. The highest BCUT2D eigenvalue weighted by Gasteiger charge is 2.25. The van der Waals surface area contributed by atoms with Crippen LogP contribution in [0.2, 0.25) is 0 Å². The van der Waals surface area contributed by atoms with Crippen molar-refractivity contribution in [1.29, 1.82) is 0 Å². The first-order valence-electron chi connectivity index (χ1n) is 4.67. The Balaban J connectivity index is 2.55. The highest BCUT2D eigenvalue weighted by molar-refractivity contribution is 7.90. The molecule has 0 unspecified atom stereocenters. The summed E-state index contributed by atoms with van der Waals surface area (Å²) >= 11 is 0. The molecule has 0 aliphatic carbocycles. The molecule has 0 amide bonds. The summed E-state index contributed by atoms with van der Waals surface area (Å²) in [4.78, 5) is 6.00. The molecule has 6 heteroatoms. The van der Waals surface area contributed by atoms with E-state index in [-0.39, 0.29) is 4.90 Å². The predicted octanol–water partition coefficient (Wildman–Crippen LogP) is 1.03. The SMILES string of the molecule is CCCN1C=NS(=O)(=O)c2cccnc21. The van der Waals surface area contributed by atoms with Crippen molar-refractivity contribution in [3.8, 4) is 0 Å². The lowest BCUT2D eigenvalue weighted by Gasteiger charge is -2.22. The number of hydrogen-bond acceptors (Lipinski definition) is 4. The quantitative estimate of drug-likeness (QED) is 0.754. The minimum Gasteiger partial charge on any atom is -0.315 e. The van der Waals surface area contributed by atoms with E-state index in [1.165, 1.54) is 12.4 Å². The third kappa shape index (κ3) is 1.72. The van der Waals surface area contributed by atoms with Crippen LogP contribution in [0.3, 0.4) is 0 Å². The molecule has 1 aliphatic rings. The van der Waals surface area contributed by atoms with Gasteiger partial charge in [-0.1, -0.05) is 6.92 Å². The third-order valence-electron chi connectivity index (χ3n) is 2.09. The van der Waals surface area contributed by atoms with Crippen LogP contribution in [0, 0.1) is 0 Å². The first-order valence-corrected chi connectivity index (χ1v) is 6.11. The molecule has 0 aromatic carbocycles. The fourth-order valence-electron chi connectivity index (χ4n) is 1.43. The molecule has 0 saturated heterocycles. The molecule has 0 saturated carbocycles. The Hall–Kier alpha value is -1.43. The second-order valence-corrected chi connectivity index (χ2v) is 4.82. The molecule has 0 bridgehead atoms. The van der Waals surface area contributed by atoms with Crippen molar-refractivity contribution in [2.45, 2.75) is 18.2 Å².